The maximum Gasteiger partial charge on any atom is 0.307 e. The molecule has 104 valence electrons. The normalized spacial score (nSPS) is 11.4. The predicted octanol–water partition coefficient (Wildman–Crippen LogP) is 5.15. The van der Waals surface area contributed by atoms with Gasteiger partial charge in [-0.25, -0.2) is 0 Å². The number of rotatable bonds is 11. The van der Waals surface area contributed by atoms with Gasteiger partial charge in [-0.3, -0.25) is 4.79 Å². The molecule has 0 spiro atoms. The fourth-order valence-electron chi connectivity index (χ4n) is 1.73. The Morgan fingerprint density at radius 1 is 0.889 bits per heavy atom. The monoisotopic (exact) mass is 252 g/mol. The summed E-state index contributed by atoms with van der Waals surface area (Å²) < 4.78 is 4.71. The lowest BCUT2D eigenvalue weighted by atomic mass is 10.1. The van der Waals surface area contributed by atoms with Crippen LogP contribution in [0.3, 0.4) is 0 Å². The van der Waals surface area contributed by atoms with Gasteiger partial charge in [0.05, 0.1) is 6.26 Å². The van der Waals surface area contributed by atoms with Crippen LogP contribution >= 0.6 is 0 Å². The van der Waals surface area contributed by atoms with E-state index >= 15 is 0 Å². The maximum absolute atomic E-state index is 10.5. The second-order valence-corrected chi connectivity index (χ2v) is 4.56. The van der Waals surface area contributed by atoms with Crippen molar-refractivity contribution in [1.29, 1.82) is 0 Å². The summed E-state index contributed by atoms with van der Waals surface area (Å²) in [7, 11) is 0. The Kier molecular flexibility index (Phi) is 13.2. The highest BCUT2D eigenvalue weighted by atomic mass is 16.5. The van der Waals surface area contributed by atoms with Gasteiger partial charge in [0, 0.05) is 6.92 Å². The van der Waals surface area contributed by atoms with Crippen LogP contribution in [0.2, 0.25) is 0 Å². The molecule has 0 unspecified atom stereocenters. The van der Waals surface area contributed by atoms with Crippen LogP contribution < -0.4 is 0 Å². The first-order valence-corrected chi connectivity index (χ1v) is 7.24. The van der Waals surface area contributed by atoms with Crippen molar-refractivity contribution in [2.45, 2.75) is 71.6 Å². The molecule has 0 heterocycles. The quantitative estimate of drug-likeness (QED) is 0.220. The first-order chi connectivity index (χ1) is 8.77. The van der Waals surface area contributed by atoms with Crippen molar-refractivity contribution >= 4 is 5.97 Å². The minimum absolute atomic E-state index is 0.247. The zero-order valence-electron chi connectivity index (χ0n) is 12.0. The summed E-state index contributed by atoms with van der Waals surface area (Å²) in [6.07, 6.45) is 19.1. The van der Waals surface area contributed by atoms with Gasteiger partial charge in [0.15, 0.2) is 0 Å². The Bertz CT molecular complexity index is 241. The molecule has 2 nitrogen and oxygen atoms in total. The molecule has 0 aliphatic heterocycles. The van der Waals surface area contributed by atoms with Crippen molar-refractivity contribution in [3.05, 3.63) is 24.5 Å². The molecule has 0 saturated heterocycles. The van der Waals surface area contributed by atoms with Crippen LogP contribution in [0.1, 0.15) is 71.6 Å². The van der Waals surface area contributed by atoms with Crippen molar-refractivity contribution in [1.82, 2.24) is 0 Å². The van der Waals surface area contributed by atoms with Crippen LogP contribution in [0.5, 0.6) is 0 Å². The highest BCUT2D eigenvalue weighted by Gasteiger charge is 1.90. The molecule has 0 atom stereocenters. The van der Waals surface area contributed by atoms with Gasteiger partial charge in [-0.2, -0.15) is 0 Å². The van der Waals surface area contributed by atoms with Crippen molar-refractivity contribution in [3.63, 3.8) is 0 Å². The van der Waals surface area contributed by atoms with Crippen LogP contribution in [0.25, 0.3) is 0 Å². The van der Waals surface area contributed by atoms with E-state index in [1.807, 2.05) is 6.08 Å². The number of unbranched alkanes of at least 4 members (excludes halogenated alkanes) is 7. The van der Waals surface area contributed by atoms with E-state index in [0.29, 0.717) is 0 Å². The number of esters is 1. The second-order valence-electron chi connectivity index (χ2n) is 4.56. The Morgan fingerprint density at radius 3 is 2.00 bits per heavy atom. The summed E-state index contributed by atoms with van der Waals surface area (Å²) in [5, 5.41) is 0. The summed E-state index contributed by atoms with van der Waals surface area (Å²) in [5.74, 6) is -0.247. The molecule has 0 bridgehead atoms. The topological polar surface area (TPSA) is 26.3 Å². The average Bonchev–Trinajstić information content (AvgIpc) is 2.34. The minimum atomic E-state index is -0.247. The largest absolute Gasteiger partial charge is 0.435 e. The van der Waals surface area contributed by atoms with E-state index in [-0.39, 0.29) is 5.97 Å². The van der Waals surface area contributed by atoms with Crippen molar-refractivity contribution in [2.24, 2.45) is 0 Å². The van der Waals surface area contributed by atoms with Gasteiger partial charge in [0.1, 0.15) is 0 Å². The lowest BCUT2D eigenvalue weighted by Crippen LogP contribution is -1.89. The van der Waals surface area contributed by atoms with E-state index < -0.39 is 0 Å². The van der Waals surface area contributed by atoms with Gasteiger partial charge >= 0.3 is 5.97 Å². The zero-order chi connectivity index (χ0) is 13.5. The average molecular weight is 252 g/mol. The lowest BCUT2D eigenvalue weighted by Gasteiger charge is -1.99. The van der Waals surface area contributed by atoms with Gasteiger partial charge in [-0.1, -0.05) is 44.8 Å². The molecule has 0 amide bonds. The zero-order valence-corrected chi connectivity index (χ0v) is 12.0. The molecule has 0 aliphatic carbocycles. The van der Waals surface area contributed by atoms with Crippen molar-refractivity contribution in [3.8, 4) is 0 Å². The van der Waals surface area contributed by atoms with E-state index in [1.54, 1.807) is 0 Å². The second kappa shape index (κ2) is 14.0. The fourth-order valence-corrected chi connectivity index (χ4v) is 1.73. The summed E-state index contributed by atoms with van der Waals surface area (Å²) in [6.45, 7) is 3.59. The van der Waals surface area contributed by atoms with Crippen LogP contribution in [0, 0.1) is 0 Å². The van der Waals surface area contributed by atoms with Crippen LogP contribution in [-0.2, 0) is 9.53 Å². The first kappa shape index (κ1) is 16.9. The van der Waals surface area contributed by atoms with E-state index in [1.165, 1.54) is 58.1 Å². The molecular weight excluding hydrogens is 224 g/mol. The smallest absolute Gasteiger partial charge is 0.307 e. The predicted molar refractivity (Wildman–Crippen MR) is 77.3 cm³/mol. The number of allylic oxidation sites excluding steroid dienone is 3. The maximum atomic E-state index is 10.5. The molecule has 18 heavy (non-hydrogen) atoms. The van der Waals surface area contributed by atoms with Gasteiger partial charge in [0.25, 0.3) is 0 Å². The molecule has 0 fully saturated rings. The molecule has 0 N–H and O–H groups in total. The third-order valence-corrected chi connectivity index (χ3v) is 2.72. The fraction of sp³-hybridized carbons (Fsp3) is 0.688. The lowest BCUT2D eigenvalue weighted by molar-refractivity contribution is -0.135. The van der Waals surface area contributed by atoms with Crippen molar-refractivity contribution < 1.29 is 9.53 Å². The molecular formula is C16H28O2. The molecule has 0 radical (unpaired) electrons. The third kappa shape index (κ3) is 14.9. The third-order valence-electron chi connectivity index (χ3n) is 2.72. The van der Waals surface area contributed by atoms with E-state index in [0.717, 1.165) is 12.8 Å². The minimum Gasteiger partial charge on any atom is -0.435 e. The molecule has 0 saturated carbocycles. The highest BCUT2D eigenvalue weighted by Crippen LogP contribution is 2.09. The van der Waals surface area contributed by atoms with E-state index in [2.05, 4.69) is 19.1 Å². The van der Waals surface area contributed by atoms with Crippen LogP contribution in [0.4, 0.5) is 0 Å². The number of ether oxygens (including phenoxy) is 1. The number of hydrogen-bond donors (Lipinski definition) is 0. The molecule has 0 aliphatic rings. The standard InChI is InChI=1S/C16H28O2/c1-3-4-5-6-7-8-9-10-11-12-13-14-15-18-16(2)17/h4-5,14-15H,3,6-13H2,1-2H3. The van der Waals surface area contributed by atoms with Gasteiger partial charge < -0.3 is 4.74 Å². The van der Waals surface area contributed by atoms with Crippen molar-refractivity contribution in [2.75, 3.05) is 0 Å². The highest BCUT2D eigenvalue weighted by molar-refractivity contribution is 5.66. The Morgan fingerprint density at radius 2 is 1.44 bits per heavy atom. The Balaban J connectivity index is 3.09. The SMILES string of the molecule is CCC=CCCCCCCCCC=COC(C)=O. The van der Waals surface area contributed by atoms with Crippen LogP contribution in [0.15, 0.2) is 24.5 Å². The van der Waals surface area contributed by atoms with Gasteiger partial charge in [-0.15, -0.1) is 0 Å². The summed E-state index contributed by atoms with van der Waals surface area (Å²) in [6, 6.07) is 0. The summed E-state index contributed by atoms with van der Waals surface area (Å²) in [5.41, 5.74) is 0. The molecule has 2 heteroatoms. The van der Waals surface area contributed by atoms with Crippen LogP contribution in [-0.4, -0.2) is 5.97 Å². The van der Waals surface area contributed by atoms with E-state index in [9.17, 15) is 4.79 Å². The Hall–Kier alpha value is -1.05. The molecule has 0 rings (SSSR count). The van der Waals surface area contributed by atoms with Gasteiger partial charge in [0.2, 0.25) is 0 Å². The first-order valence-electron chi connectivity index (χ1n) is 7.24. The molecule has 0 aromatic heterocycles. The summed E-state index contributed by atoms with van der Waals surface area (Å²) >= 11 is 0. The van der Waals surface area contributed by atoms with E-state index in [4.69, 9.17) is 4.74 Å². The molecule has 0 aromatic carbocycles. The van der Waals surface area contributed by atoms with Gasteiger partial charge in [-0.05, 0) is 38.2 Å². The molecule has 0 aromatic rings. The number of carbonyl (C=O) groups is 1. The summed E-state index contributed by atoms with van der Waals surface area (Å²) in [4.78, 5) is 10.5. The number of hydrogen-bond acceptors (Lipinski definition) is 2. The Labute approximate surface area is 112 Å². The number of carbonyl (C=O) groups excluding carboxylic acids is 1.